The van der Waals surface area contributed by atoms with E-state index < -0.39 is 17.7 Å². The molecule has 0 bridgehead atoms. The average Bonchev–Trinajstić information content (AvgIpc) is 2.66. The Morgan fingerprint density at radius 2 is 2.29 bits per heavy atom. The zero-order valence-corrected chi connectivity index (χ0v) is 10.2. The Balaban J connectivity index is 2.62. The molecule has 0 aliphatic heterocycles. The fourth-order valence-corrected chi connectivity index (χ4v) is 1.30. The van der Waals surface area contributed by atoms with Crippen LogP contribution >= 0.6 is 0 Å². The summed E-state index contributed by atoms with van der Waals surface area (Å²) in [6, 6.07) is 1.28. The average molecular weight is 239 g/mol. The lowest BCUT2D eigenvalue weighted by atomic mass is 10.1. The van der Waals surface area contributed by atoms with E-state index in [1.807, 2.05) is 0 Å². The number of hydrogen-bond acceptors (Lipinski definition) is 4. The summed E-state index contributed by atoms with van der Waals surface area (Å²) in [7, 11) is 0. The number of alkyl carbamates (subject to hydrolysis) is 1. The predicted molar refractivity (Wildman–Crippen MR) is 61.5 cm³/mol. The zero-order valence-electron chi connectivity index (χ0n) is 10.2. The molecule has 17 heavy (non-hydrogen) atoms. The third kappa shape index (κ3) is 4.72. The number of aldehydes is 1. The van der Waals surface area contributed by atoms with Crippen LogP contribution < -0.4 is 5.32 Å². The molecule has 1 N–H and O–H groups in total. The molecule has 94 valence electrons. The van der Waals surface area contributed by atoms with E-state index in [4.69, 9.17) is 9.15 Å². The van der Waals surface area contributed by atoms with E-state index in [1.165, 1.54) is 12.5 Å². The number of rotatable bonds is 4. The van der Waals surface area contributed by atoms with Crippen LogP contribution in [0.5, 0.6) is 0 Å². The highest BCUT2D eigenvalue weighted by atomic mass is 16.6. The first-order chi connectivity index (χ1) is 7.92. The molecule has 0 aliphatic carbocycles. The van der Waals surface area contributed by atoms with Crippen molar-refractivity contribution >= 4 is 12.4 Å². The lowest BCUT2D eigenvalue weighted by Crippen LogP contribution is -2.35. The van der Waals surface area contributed by atoms with E-state index >= 15 is 0 Å². The van der Waals surface area contributed by atoms with Gasteiger partial charge >= 0.3 is 6.09 Å². The second kappa shape index (κ2) is 5.52. The first-order valence-electron chi connectivity index (χ1n) is 5.37. The minimum atomic E-state index is -0.563. The molecule has 1 aromatic heterocycles. The van der Waals surface area contributed by atoms with Crippen LogP contribution in [0.1, 0.15) is 38.8 Å². The minimum absolute atomic E-state index is 0.179. The third-order valence-corrected chi connectivity index (χ3v) is 1.97. The zero-order chi connectivity index (χ0) is 12.9. The van der Waals surface area contributed by atoms with Crippen LogP contribution in [0.2, 0.25) is 0 Å². The van der Waals surface area contributed by atoms with Gasteiger partial charge in [0.05, 0.1) is 18.6 Å². The molecule has 0 aliphatic rings. The van der Waals surface area contributed by atoms with Crippen LogP contribution in [0.15, 0.2) is 23.0 Å². The quantitative estimate of drug-likeness (QED) is 0.819. The van der Waals surface area contributed by atoms with Gasteiger partial charge in [0.2, 0.25) is 0 Å². The van der Waals surface area contributed by atoms with Gasteiger partial charge in [-0.1, -0.05) is 0 Å². The Morgan fingerprint density at radius 3 is 2.76 bits per heavy atom. The second-order valence-electron chi connectivity index (χ2n) is 4.66. The molecular formula is C12H17NO4. The summed E-state index contributed by atoms with van der Waals surface area (Å²) >= 11 is 0. The van der Waals surface area contributed by atoms with Crippen molar-refractivity contribution in [2.75, 3.05) is 0 Å². The highest BCUT2D eigenvalue weighted by Gasteiger charge is 2.20. The normalized spacial score (nSPS) is 12.9. The van der Waals surface area contributed by atoms with E-state index in [9.17, 15) is 9.59 Å². The van der Waals surface area contributed by atoms with Crippen molar-refractivity contribution in [2.45, 2.75) is 38.8 Å². The summed E-state index contributed by atoms with van der Waals surface area (Å²) in [5.41, 5.74) is 0.176. The summed E-state index contributed by atoms with van der Waals surface area (Å²) in [5.74, 6) is 0. The van der Waals surface area contributed by atoms with Gasteiger partial charge in [-0.05, 0) is 26.8 Å². The summed E-state index contributed by atoms with van der Waals surface area (Å²) in [4.78, 5) is 22.1. The Morgan fingerprint density at radius 1 is 1.59 bits per heavy atom. The topological polar surface area (TPSA) is 68.5 Å². The maximum absolute atomic E-state index is 11.6. The first-order valence-corrected chi connectivity index (χ1v) is 5.37. The molecule has 0 aromatic carbocycles. The molecule has 0 spiro atoms. The highest BCUT2D eigenvalue weighted by Crippen LogP contribution is 2.17. The van der Waals surface area contributed by atoms with Crippen LogP contribution in [0.4, 0.5) is 4.79 Å². The summed E-state index contributed by atoms with van der Waals surface area (Å²) < 4.78 is 10.0. The Bertz CT molecular complexity index is 364. The van der Waals surface area contributed by atoms with E-state index in [0.717, 1.165) is 11.8 Å². The number of amides is 1. The monoisotopic (exact) mass is 239 g/mol. The smallest absolute Gasteiger partial charge is 0.408 e. The summed E-state index contributed by atoms with van der Waals surface area (Å²) in [6.45, 7) is 5.33. The van der Waals surface area contributed by atoms with Gasteiger partial charge in [0.1, 0.15) is 11.9 Å². The van der Waals surface area contributed by atoms with Gasteiger partial charge in [0.25, 0.3) is 0 Å². The van der Waals surface area contributed by atoms with Gasteiger partial charge in [-0.3, -0.25) is 0 Å². The van der Waals surface area contributed by atoms with Crippen molar-refractivity contribution in [3.63, 3.8) is 0 Å². The SMILES string of the molecule is CC(C)(C)OC(=O)NC(CC=O)c1ccoc1. The molecule has 0 fully saturated rings. The van der Waals surface area contributed by atoms with E-state index in [2.05, 4.69) is 5.32 Å². The maximum Gasteiger partial charge on any atom is 0.408 e. The van der Waals surface area contributed by atoms with E-state index in [0.29, 0.717) is 0 Å². The standard InChI is InChI=1S/C12H17NO4/c1-12(2,3)17-11(15)13-10(4-6-14)9-5-7-16-8-9/h5-8,10H,4H2,1-3H3,(H,13,15). The minimum Gasteiger partial charge on any atom is -0.472 e. The summed E-state index contributed by atoms with van der Waals surface area (Å²) in [5, 5.41) is 2.62. The molecule has 1 atom stereocenters. The van der Waals surface area contributed by atoms with Gasteiger partial charge in [0.15, 0.2) is 0 Å². The van der Waals surface area contributed by atoms with E-state index in [1.54, 1.807) is 26.8 Å². The van der Waals surface area contributed by atoms with Crippen LogP contribution in [0, 0.1) is 0 Å². The van der Waals surface area contributed by atoms with Gasteiger partial charge in [-0.2, -0.15) is 0 Å². The fraction of sp³-hybridized carbons (Fsp3) is 0.500. The molecule has 1 rings (SSSR count). The lowest BCUT2D eigenvalue weighted by Gasteiger charge is -2.22. The number of ether oxygens (including phenoxy) is 1. The molecule has 0 saturated heterocycles. The maximum atomic E-state index is 11.6. The molecular weight excluding hydrogens is 222 g/mol. The van der Waals surface area contributed by atoms with Crippen molar-refractivity contribution in [3.05, 3.63) is 24.2 Å². The van der Waals surface area contributed by atoms with Crippen molar-refractivity contribution in [1.82, 2.24) is 5.32 Å². The molecule has 1 unspecified atom stereocenters. The number of nitrogens with one attached hydrogen (secondary N) is 1. The van der Waals surface area contributed by atoms with Crippen molar-refractivity contribution < 1.29 is 18.7 Å². The van der Waals surface area contributed by atoms with Crippen molar-refractivity contribution in [3.8, 4) is 0 Å². The van der Waals surface area contributed by atoms with Crippen molar-refractivity contribution in [2.24, 2.45) is 0 Å². The van der Waals surface area contributed by atoms with Gasteiger partial charge in [0, 0.05) is 12.0 Å². The molecule has 0 saturated carbocycles. The number of hydrogen-bond donors (Lipinski definition) is 1. The summed E-state index contributed by atoms with van der Waals surface area (Å²) in [6.07, 6.45) is 3.36. The number of carbonyl (C=O) groups is 2. The Hall–Kier alpha value is -1.78. The Labute approximate surface area is 100 Å². The predicted octanol–water partition coefficient (Wildman–Crippen LogP) is 2.43. The lowest BCUT2D eigenvalue weighted by molar-refractivity contribution is -0.108. The van der Waals surface area contributed by atoms with Gasteiger partial charge in [-0.15, -0.1) is 0 Å². The fourth-order valence-electron chi connectivity index (χ4n) is 1.30. The first kappa shape index (κ1) is 13.3. The third-order valence-electron chi connectivity index (χ3n) is 1.97. The van der Waals surface area contributed by atoms with E-state index in [-0.39, 0.29) is 6.42 Å². The van der Waals surface area contributed by atoms with Crippen molar-refractivity contribution in [1.29, 1.82) is 0 Å². The molecule has 1 heterocycles. The molecule has 5 heteroatoms. The van der Waals surface area contributed by atoms with Crippen LogP contribution in [0.3, 0.4) is 0 Å². The molecule has 1 amide bonds. The van der Waals surface area contributed by atoms with Crippen LogP contribution in [-0.2, 0) is 9.53 Å². The van der Waals surface area contributed by atoms with Gasteiger partial charge < -0.3 is 19.3 Å². The van der Waals surface area contributed by atoms with Crippen LogP contribution in [-0.4, -0.2) is 18.0 Å². The largest absolute Gasteiger partial charge is 0.472 e. The highest BCUT2D eigenvalue weighted by molar-refractivity contribution is 5.69. The molecule has 1 aromatic rings. The molecule has 0 radical (unpaired) electrons. The van der Waals surface area contributed by atoms with Crippen LogP contribution in [0.25, 0.3) is 0 Å². The Kier molecular flexibility index (Phi) is 4.31. The van der Waals surface area contributed by atoms with Gasteiger partial charge in [-0.25, -0.2) is 4.79 Å². The number of furan rings is 1. The second-order valence-corrected chi connectivity index (χ2v) is 4.66. The number of carbonyl (C=O) groups excluding carboxylic acids is 2. The molecule has 5 nitrogen and oxygen atoms in total.